The SMILES string of the molecule is Cl.NS(=O)(=O)c1ccc(CCNCc2cc(Br)ccc2OCc2ccc(F)cc2)cc1. The van der Waals surface area contributed by atoms with E-state index in [1.54, 1.807) is 24.3 Å². The first-order valence-electron chi connectivity index (χ1n) is 9.29. The van der Waals surface area contributed by atoms with Gasteiger partial charge in [0.2, 0.25) is 10.0 Å². The van der Waals surface area contributed by atoms with Crippen LogP contribution in [0.1, 0.15) is 16.7 Å². The highest BCUT2D eigenvalue weighted by atomic mass is 79.9. The second-order valence-electron chi connectivity index (χ2n) is 6.78. The fraction of sp³-hybridized carbons (Fsp3) is 0.182. The van der Waals surface area contributed by atoms with Gasteiger partial charge in [0.05, 0.1) is 4.90 Å². The third-order valence-electron chi connectivity index (χ3n) is 4.49. The van der Waals surface area contributed by atoms with Crippen molar-refractivity contribution in [3.05, 3.63) is 93.7 Å². The predicted octanol–water partition coefficient (Wildman–Crippen LogP) is 4.57. The molecule has 0 unspecified atom stereocenters. The molecular formula is C22H23BrClFN2O3S. The topological polar surface area (TPSA) is 81.4 Å². The first kappa shape index (κ1) is 25.3. The summed E-state index contributed by atoms with van der Waals surface area (Å²) in [7, 11) is -3.67. The second-order valence-corrected chi connectivity index (χ2v) is 9.26. The van der Waals surface area contributed by atoms with Gasteiger partial charge >= 0.3 is 0 Å². The van der Waals surface area contributed by atoms with Crippen LogP contribution in [-0.2, 0) is 29.6 Å². The van der Waals surface area contributed by atoms with E-state index in [9.17, 15) is 12.8 Å². The number of hydrogen-bond donors (Lipinski definition) is 2. The number of nitrogens with one attached hydrogen (secondary N) is 1. The molecule has 0 aliphatic heterocycles. The fourth-order valence-corrected chi connectivity index (χ4v) is 3.79. The molecule has 0 radical (unpaired) electrons. The summed E-state index contributed by atoms with van der Waals surface area (Å²) in [4.78, 5) is 0.108. The quantitative estimate of drug-likeness (QED) is 0.398. The maximum atomic E-state index is 13.0. The van der Waals surface area contributed by atoms with E-state index < -0.39 is 10.0 Å². The molecule has 5 nitrogen and oxygen atoms in total. The summed E-state index contributed by atoms with van der Waals surface area (Å²) >= 11 is 3.48. The molecular weight excluding hydrogens is 507 g/mol. The third-order valence-corrected chi connectivity index (χ3v) is 5.91. The summed E-state index contributed by atoms with van der Waals surface area (Å²) in [5.41, 5.74) is 2.90. The molecule has 166 valence electrons. The van der Waals surface area contributed by atoms with Crippen molar-refractivity contribution < 1.29 is 17.5 Å². The van der Waals surface area contributed by atoms with Crippen molar-refractivity contribution in [3.63, 3.8) is 0 Å². The van der Waals surface area contributed by atoms with E-state index >= 15 is 0 Å². The minimum absolute atomic E-state index is 0. The van der Waals surface area contributed by atoms with Crippen molar-refractivity contribution in [2.45, 2.75) is 24.5 Å². The Morgan fingerprint density at radius 2 is 1.61 bits per heavy atom. The molecule has 0 amide bonds. The molecule has 3 aromatic rings. The molecule has 0 fully saturated rings. The van der Waals surface area contributed by atoms with Crippen LogP contribution >= 0.6 is 28.3 Å². The standard InChI is InChI=1S/C22H22BrFN2O3S.ClH/c23-19-5-10-22(29-15-17-1-6-20(24)7-2-17)18(13-19)14-26-12-11-16-3-8-21(9-4-16)30(25,27)28;/h1-10,13,26H,11-12,14-15H2,(H2,25,27,28);1H. The van der Waals surface area contributed by atoms with Crippen LogP contribution in [0.4, 0.5) is 4.39 Å². The van der Waals surface area contributed by atoms with E-state index in [1.165, 1.54) is 24.3 Å². The maximum Gasteiger partial charge on any atom is 0.238 e. The summed E-state index contributed by atoms with van der Waals surface area (Å²) < 4.78 is 42.5. The van der Waals surface area contributed by atoms with Gasteiger partial charge in [0.25, 0.3) is 0 Å². The number of nitrogens with two attached hydrogens (primary N) is 1. The first-order chi connectivity index (χ1) is 14.3. The Morgan fingerprint density at radius 1 is 0.968 bits per heavy atom. The minimum Gasteiger partial charge on any atom is -0.489 e. The van der Waals surface area contributed by atoms with Gasteiger partial charge in [-0.15, -0.1) is 12.4 Å². The van der Waals surface area contributed by atoms with Crippen LogP contribution < -0.4 is 15.2 Å². The molecule has 9 heteroatoms. The van der Waals surface area contributed by atoms with Crippen molar-refractivity contribution in [2.24, 2.45) is 5.14 Å². The molecule has 0 aliphatic rings. The number of halogens is 3. The van der Waals surface area contributed by atoms with Crippen LogP contribution in [0, 0.1) is 5.82 Å². The number of hydrogen-bond acceptors (Lipinski definition) is 4. The normalized spacial score (nSPS) is 11.1. The molecule has 0 aromatic heterocycles. The van der Waals surface area contributed by atoms with Gasteiger partial charge in [-0.3, -0.25) is 0 Å². The summed E-state index contributed by atoms with van der Waals surface area (Å²) in [6, 6.07) is 18.6. The Kier molecular flexibility index (Phi) is 9.46. The van der Waals surface area contributed by atoms with Crippen LogP contribution in [0.15, 0.2) is 76.1 Å². The smallest absolute Gasteiger partial charge is 0.238 e. The van der Waals surface area contributed by atoms with E-state index in [2.05, 4.69) is 21.2 Å². The minimum atomic E-state index is -3.67. The highest BCUT2D eigenvalue weighted by Gasteiger charge is 2.08. The van der Waals surface area contributed by atoms with E-state index in [-0.39, 0.29) is 23.1 Å². The van der Waals surface area contributed by atoms with Crippen molar-refractivity contribution in [1.29, 1.82) is 0 Å². The lowest BCUT2D eigenvalue weighted by molar-refractivity contribution is 0.302. The van der Waals surface area contributed by atoms with Gasteiger partial charge in [-0.25, -0.2) is 17.9 Å². The average Bonchev–Trinajstić information content (AvgIpc) is 2.71. The van der Waals surface area contributed by atoms with Gasteiger partial charge in [-0.05, 0) is 66.6 Å². The van der Waals surface area contributed by atoms with Crippen molar-refractivity contribution >= 4 is 38.4 Å². The van der Waals surface area contributed by atoms with Gasteiger partial charge < -0.3 is 10.1 Å². The van der Waals surface area contributed by atoms with E-state index in [4.69, 9.17) is 9.88 Å². The van der Waals surface area contributed by atoms with Crippen LogP contribution in [-0.4, -0.2) is 15.0 Å². The fourth-order valence-electron chi connectivity index (χ4n) is 2.87. The van der Waals surface area contributed by atoms with Gasteiger partial charge in [0, 0.05) is 16.6 Å². The highest BCUT2D eigenvalue weighted by Crippen LogP contribution is 2.24. The van der Waals surface area contributed by atoms with E-state index in [0.717, 1.165) is 33.3 Å². The van der Waals surface area contributed by atoms with Gasteiger partial charge in [-0.1, -0.05) is 40.2 Å². The van der Waals surface area contributed by atoms with Crippen LogP contribution in [0.25, 0.3) is 0 Å². The van der Waals surface area contributed by atoms with Crippen molar-refractivity contribution in [1.82, 2.24) is 5.32 Å². The van der Waals surface area contributed by atoms with Crippen molar-refractivity contribution in [2.75, 3.05) is 6.54 Å². The van der Waals surface area contributed by atoms with Gasteiger partial charge in [0.15, 0.2) is 0 Å². The lowest BCUT2D eigenvalue weighted by atomic mass is 10.1. The number of primary sulfonamides is 1. The molecule has 31 heavy (non-hydrogen) atoms. The Hall–Kier alpha value is -1.97. The monoisotopic (exact) mass is 528 g/mol. The molecule has 0 aliphatic carbocycles. The summed E-state index contributed by atoms with van der Waals surface area (Å²) in [5.74, 6) is 0.485. The number of ether oxygens (including phenoxy) is 1. The summed E-state index contributed by atoms with van der Waals surface area (Å²) in [5, 5.41) is 8.49. The molecule has 0 atom stereocenters. The lowest BCUT2D eigenvalue weighted by Gasteiger charge is -2.13. The Balaban J connectivity index is 0.00000341. The Labute approximate surface area is 196 Å². The molecule has 0 heterocycles. The molecule has 3 rings (SSSR count). The zero-order valence-electron chi connectivity index (χ0n) is 16.6. The Morgan fingerprint density at radius 3 is 2.26 bits per heavy atom. The summed E-state index contributed by atoms with van der Waals surface area (Å²) in [6.45, 7) is 1.66. The zero-order chi connectivity index (χ0) is 21.6. The lowest BCUT2D eigenvalue weighted by Crippen LogP contribution is -2.17. The number of sulfonamides is 1. The molecule has 0 saturated heterocycles. The number of benzene rings is 3. The highest BCUT2D eigenvalue weighted by molar-refractivity contribution is 9.10. The molecule has 0 spiro atoms. The molecule has 3 N–H and O–H groups in total. The van der Waals surface area contributed by atoms with Crippen LogP contribution in [0.5, 0.6) is 5.75 Å². The third kappa shape index (κ3) is 7.90. The first-order valence-corrected chi connectivity index (χ1v) is 11.6. The maximum absolute atomic E-state index is 13.0. The number of rotatable bonds is 9. The van der Waals surface area contributed by atoms with Crippen LogP contribution in [0.2, 0.25) is 0 Å². The van der Waals surface area contributed by atoms with Gasteiger partial charge in [-0.2, -0.15) is 0 Å². The Bertz CT molecular complexity index is 1090. The molecule has 0 saturated carbocycles. The van der Waals surface area contributed by atoms with Crippen LogP contribution in [0.3, 0.4) is 0 Å². The molecule has 0 bridgehead atoms. The van der Waals surface area contributed by atoms with Crippen molar-refractivity contribution in [3.8, 4) is 5.75 Å². The van der Waals surface area contributed by atoms with Gasteiger partial charge in [0.1, 0.15) is 18.2 Å². The molecule has 3 aromatic carbocycles. The van der Waals surface area contributed by atoms with E-state index in [0.29, 0.717) is 19.7 Å². The average molecular weight is 530 g/mol. The summed E-state index contributed by atoms with van der Waals surface area (Å²) in [6.07, 6.45) is 0.741. The van der Waals surface area contributed by atoms with E-state index in [1.807, 2.05) is 18.2 Å². The second kappa shape index (κ2) is 11.6. The predicted molar refractivity (Wildman–Crippen MR) is 125 cm³/mol. The largest absolute Gasteiger partial charge is 0.489 e. The zero-order valence-corrected chi connectivity index (χ0v) is 19.8.